The van der Waals surface area contributed by atoms with Gasteiger partial charge in [0.15, 0.2) is 0 Å². The molecule has 2 saturated heterocycles. The molecule has 1 N–H and O–H groups in total. The number of methoxy groups -OCH3 is 1. The summed E-state index contributed by atoms with van der Waals surface area (Å²) < 4.78 is 26.0. The van der Waals surface area contributed by atoms with Crippen molar-refractivity contribution in [3.05, 3.63) is 51.9 Å². The molecule has 3 aromatic rings. The molecule has 3 atom stereocenters. The maximum absolute atomic E-state index is 12.9. The van der Waals surface area contributed by atoms with Crippen LogP contribution in [0.2, 0.25) is 0 Å². The Kier molecular flexibility index (Phi) is 9.00. The molecule has 2 aliphatic rings. The first-order valence-electron chi connectivity index (χ1n) is 14.1. The molecule has 40 heavy (non-hydrogen) atoms. The third-order valence-corrected chi connectivity index (χ3v) is 8.01. The van der Waals surface area contributed by atoms with Crippen LogP contribution in [0.15, 0.2) is 35.3 Å². The van der Waals surface area contributed by atoms with Gasteiger partial charge in [0.2, 0.25) is 0 Å². The van der Waals surface area contributed by atoms with Crippen LogP contribution in [0.25, 0.3) is 22.4 Å². The number of hydrogen-bond acceptors (Lipinski definition) is 8. The van der Waals surface area contributed by atoms with Crippen LogP contribution in [0.4, 0.5) is 0 Å². The molecule has 5 rings (SSSR count). The van der Waals surface area contributed by atoms with E-state index in [0.717, 1.165) is 60.6 Å². The zero-order valence-electron chi connectivity index (χ0n) is 23.9. The van der Waals surface area contributed by atoms with Crippen molar-refractivity contribution in [2.45, 2.75) is 64.4 Å². The Morgan fingerprint density at radius 2 is 1.95 bits per heavy atom. The fraction of sp³-hybridized carbons (Fsp3) is 0.567. The first-order valence-corrected chi connectivity index (χ1v) is 14.1. The molecule has 10 nitrogen and oxygen atoms in total. The predicted molar refractivity (Wildman–Crippen MR) is 151 cm³/mol. The molecule has 2 aliphatic heterocycles. The van der Waals surface area contributed by atoms with E-state index in [1.54, 1.807) is 18.7 Å². The molecular formula is C30H40N4O6. The van der Waals surface area contributed by atoms with E-state index in [1.807, 2.05) is 26.1 Å². The standard InChI is InChI=1S/C30H40N4O6/c1-19-13-23(17-33(3)29(19)35)28-32-25-14-22(5-6-26(25)34(28)16-21-7-10-38-11-8-21)15-31-27(20(2)37-4)30(36)40-24-9-12-39-18-24/h5-6,13-14,17,20-21,24,27,31H,7-12,15-16,18H2,1-4H3. The number of nitrogens with one attached hydrogen (secondary N) is 1. The van der Waals surface area contributed by atoms with Crippen LogP contribution in [0.5, 0.6) is 0 Å². The molecule has 0 spiro atoms. The second-order valence-corrected chi connectivity index (χ2v) is 11.0. The van der Waals surface area contributed by atoms with Crippen molar-refractivity contribution in [3.8, 4) is 11.4 Å². The number of aromatic nitrogens is 3. The number of imidazole rings is 1. The molecule has 0 amide bonds. The Morgan fingerprint density at radius 1 is 1.18 bits per heavy atom. The van der Waals surface area contributed by atoms with Crippen molar-refractivity contribution < 1.29 is 23.7 Å². The number of carbonyl (C=O) groups excluding carboxylic acids is 1. The first kappa shape index (κ1) is 28.5. The van der Waals surface area contributed by atoms with Crippen LogP contribution < -0.4 is 10.9 Å². The minimum atomic E-state index is -0.614. The topological polar surface area (TPSA) is 106 Å². The van der Waals surface area contributed by atoms with E-state index in [0.29, 0.717) is 37.7 Å². The number of hydrogen-bond donors (Lipinski definition) is 1. The third kappa shape index (κ3) is 6.30. The number of ether oxygens (including phenoxy) is 4. The van der Waals surface area contributed by atoms with Crippen molar-refractivity contribution in [2.75, 3.05) is 33.5 Å². The van der Waals surface area contributed by atoms with Crippen molar-refractivity contribution in [3.63, 3.8) is 0 Å². The number of pyridine rings is 1. The monoisotopic (exact) mass is 552 g/mol. The predicted octanol–water partition coefficient (Wildman–Crippen LogP) is 2.96. The molecule has 0 bridgehead atoms. The van der Waals surface area contributed by atoms with E-state index >= 15 is 0 Å². The van der Waals surface area contributed by atoms with E-state index in [9.17, 15) is 9.59 Å². The Balaban J connectivity index is 1.42. The van der Waals surface area contributed by atoms with Gasteiger partial charge in [-0.15, -0.1) is 0 Å². The minimum absolute atomic E-state index is 0.0111. The fourth-order valence-electron chi connectivity index (χ4n) is 5.53. The number of aryl methyl sites for hydroxylation is 2. The molecule has 0 radical (unpaired) electrons. The largest absolute Gasteiger partial charge is 0.459 e. The Labute approximate surface area is 234 Å². The highest BCUT2D eigenvalue weighted by Gasteiger charge is 2.30. The van der Waals surface area contributed by atoms with Gasteiger partial charge >= 0.3 is 5.97 Å². The molecule has 3 unspecified atom stereocenters. The number of carbonyl (C=O) groups is 1. The molecule has 2 aromatic heterocycles. The number of benzene rings is 1. The molecule has 2 fully saturated rings. The van der Waals surface area contributed by atoms with Gasteiger partial charge in [-0.1, -0.05) is 6.07 Å². The average Bonchev–Trinajstić information content (AvgIpc) is 3.59. The van der Waals surface area contributed by atoms with Gasteiger partial charge in [0.25, 0.3) is 5.56 Å². The van der Waals surface area contributed by atoms with Crippen molar-refractivity contribution in [1.29, 1.82) is 0 Å². The van der Waals surface area contributed by atoms with Crippen molar-refractivity contribution >= 4 is 17.0 Å². The van der Waals surface area contributed by atoms with Crippen LogP contribution in [-0.2, 0) is 43.9 Å². The summed E-state index contributed by atoms with van der Waals surface area (Å²) in [6.45, 7) is 7.57. The Morgan fingerprint density at radius 3 is 2.65 bits per heavy atom. The summed E-state index contributed by atoms with van der Waals surface area (Å²) in [6.07, 6.45) is 4.01. The molecule has 4 heterocycles. The van der Waals surface area contributed by atoms with Gasteiger partial charge in [0.05, 0.1) is 30.4 Å². The van der Waals surface area contributed by atoms with E-state index in [1.165, 1.54) is 0 Å². The van der Waals surface area contributed by atoms with Gasteiger partial charge < -0.3 is 28.1 Å². The summed E-state index contributed by atoms with van der Waals surface area (Å²) >= 11 is 0. The molecular weight excluding hydrogens is 512 g/mol. The van der Waals surface area contributed by atoms with Gasteiger partial charge in [-0.3, -0.25) is 14.9 Å². The molecule has 10 heteroatoms. The average molecular weight is 553 g/mol. The smallest absolute Gasteiger partial charge is 0.326 e. The zero-order chi connectivity index (χ0) is 28.2. The van der Waals surface area contributed by atoms with Gasteiger partial charge in [0, 0.05) is 64.2 Å². The highest BCUT2D eigenvalue weighted by atomic mass is 16.6. The van der Waals surface area contributed by atoms with Crippen molar-refractivity contribution in [1.82, 2.24) is 19.4 Å². The third-order valence-electron chi connectivity index (χ3n) is 8.01. The lowest BCUT2D eigenvalue weighted by Crippen LogP contribution is -2.47. The van der Waals surface area contributed by atoms with E-state index in [-0.39, 0.29) is 23.7 Å². The summed E-state index contributed by atoms with van der Waals surface area (Å²) in [7, 11) is 3.36. The quantitative estimate of drug-likeness (QED) is 0.383. The summed E-state index contributed by atoms with van der Waals surface area (Å²) in [4.78, 5) is 30.4. The maximum Gasteiger partial charge on any atom is 0.326 e. The minimum Gasteiger partial charge on any atom is -0.459 e. The van der Waals surface area contributed by atoms with Gasteiger partial charge in [-0.2, -0.15) is 0 Å². The molecule has 0 saturated carbocycles. The lowest BCUT2D eigenvalue weighted by Gasteiger charge is -2.24. The van der Waals surface area contributed by atoms with Crippen LogP contribution in [0.3, 0.4) is 0 Å². The number of rotatable bonds is 10. The van der Waals surface area contributed by atoms with E-state index in [4.69, 9.17) is 23.9 Å². The Hall–Kier alpha value is -3.05. The summed E-state index contributed by atoms with van der Waals surface area (Å²) in [5.41, 5.74) is 4.49. The summed E-state index contributed by atoms with van der Waals surface area (Å²) in [5.74, 6) is 1.00. The lowest BCUT2D eigenvalue weighted by atomic mass is 10.00. The van der Waals surface area contributed by atoms with Crippen LogP contribution in [0, 0.1) is 12.8 Å². The first-order chi connectivity index (χ1) is 19.3. The van der Waals surface area contributed by atoms with E-state index in [2.05, 4.69) is 28.1 Å². The summed E-state index contributed by atoms with van der Waals surface area (Å²) in [5, 5.41) is 3.34. The molecule has 216 valence electrons. The number of nitrogens with zero attached hydrogens (tertiary/aromatic N) is 3. The Bertz CT molecular complexity index is 1360. The zero-order valence-corrected chi connectivity index (χ0v) is 23.9. The summed E-state index contributed by atoms with van der Waals surface area (Å²) in [6, 6.07) is 7.53. The normalized spacial score (nSPS) is 19.6. The van der Waals surface area contributed by atoms with Gasteiger partial charge in [0.1, 0.15) is 18.0 Å². The fourth-order valence-corrected chi connectivity index (χ4v) is 5.53. The highest BCUT2D eigenvalue weighted by Crippen LogP contribution is 2.29. The lowest BCUT2D eigenvalue weighted by molar-refractivity contribution is -0.155. The highest BCUT2D eigenvalue weighted by molar-refractivity contribution is 5.81. The van der Waals surface area contributed by atoms with Crippen LogP contribution in [-0.4, -0.2) is 71.9 Å². The van der Waals surface area contributed by atoms with Gasteiger partial charge in [-0.25, -0.2) is 4.98 Å². The van der Waals surface area contributed by atoms with Crippen LogP contribution >= 0.6 is 0 Å². The van der Waals surface area contributed by atoms with Crippen LogP contribution in [0.1, 0.15) is 37.3 Å². The van der Waals surface area contributed by atoms with Gasteiger partial charge in [-0.05, 0) is 56.4 Å². The second-order valence-electron chi connectivity index (χ2n) is 11.0. The molecule has 0 aliphatic carbocycles. The van der Waals surface area contributed by atoms with E-state index < -0.39 is 6.04 Å². The SMILES string of the molecule is COC(C)C(NCc1ccc2c(c1)nc(-c1cc(C)c(=O)n(C)c1)n2CC1CCOCC1)C(=O)OC1CCOC1. The molecule has 1 aromatic carbocycles. The van der Waals surface area contributed by atoms with Crippen molar-refractivity contribution in [2.24, 2.45) is 13.0 Å². The maximum atomic E-state index is 12.9. The second kappa shape index (κ2) is 12.6. The number of fused-ring (bicyclic) bond motifs is 1. The number of esters is 1.